The van der Waals surface area contributed by atoms with Crippen molar-refractivity contribution in [2.45, 2.75) is 32.4 Å². The Labute approximate surface area is 155 Å². The van der Waals surface area contributed by atoms with Gasteiger partial charge in [-0.2, -0.15) is 0 Å². The van der Waals surface area contributed by atoms with E-state index in [1.54, 1.807) is 32.2 Å². The molecule has 1 fully saturated rings. The van der Waals surface area contributed by atoms with E-state index < -0.39 is 17.6 Å². The maximum Gasteiger partial charge on any atom is 0.261 e. The summed E-state index contributed by atoms with van der Waals surface area (Å²) < 4.78 is 11.3. The third-order valence-electron chi connectivity index (χ3n) is 4.32. The molecule has 0 saturated carbocycles. The molecule has 1 amide bonds. The van der Waals surface area contributed by atoms with Crippen LogP contribution in [-0.4, -0.2) is 41.2 Å². The fourth-order valence-corrected chi connectivity index (χ4v) is 3.07. The van der Waals surface area contributed by atoms with E-state index in [1.165, 1.54) is 0 Å². The summed E-state index contributed by atoms with van der Waals surface area (Å²) in [6, 6.07) is 5.04. The van der Waals surface area contributed by atoms with Crippen molar-refractivity contribution < 1.29 is 14.3 Å². The van der Waals surface area contributed by atoms with Crippen LogP contribution < -0.4 is 15.6 Å². The Morgan fingerprint density at radius 3 is 2.96 bits per heavy atom. The molecular formula is C18H20ClN3O4. The number of aryl methyl sites for hydroxylation is 1. The second-order valence-corrected chi connectivity index (χ2v) is 6.54. The zero-order valence-electron chi connectivity index (χ0n) is 14.5. The van der Waals surface area contributed by atoms with Gasteiger partial charge in [0.05, 0.1) is 17.7 Å². The van der Waals surface area contributed by atoms with Crippen LogP contribution >= 0.6 is 11.6 Å². The summed E-state index contributed by atoms with van der Waals surface area (Å²) in [5.41, 5.74) is 0.549. The van der Waals surface area contributed by atoms with E-state index in [2.05, 4.69) is 15.3 Å². The lowest BCUT2D eigenvalue weighted by Gasteiger charge is -2.32. The van der Waals surface area contributed by atoms with Crippen molar-refractivity contribution in [2.75, 3.05) is 13.2 Å². The van der Waals surface area contributed by atoms with E-state index in [-0.39, 0.29) is 11.6 Å². The van der Waals surface area contributed by atoms with Gasteiger partial charge >= 0.3 is 0 Å². The first-order valence-corrected chi connectivity index (χ1v) is 8.70. The number of hydrogen-bond donors (Lipinski definition) is 2. The standard InChI is InChI=1S/C18H20ClN3O4/c1-10-15(17(23)21-11(2)16(10)19)18(24)22-12-6-8-25-9-13(12)26-14-5-3-4-7-20-14/h3-5,7,12-13H,6,8-9H2,1-2H3,(H,21,23)(H,22,24)/t12-,13-/m1/s1. The fraction of sp³-hybridized carbons (Fsp3) is 0.389. The number of aromatic nitrogens is 2. The minimum Gasteiger partial charge on any atom is -0.470 e. The molecule has 1 aliphatic heterocycles. The third kappa shape index (κ3) is 3.89. The Morgan fingerprint density at radius 2 is 2.23 bits per heavy atom. The third-order valence-corrected chi connectivity index (χ3v) is 4.89. The average molecular weight is 378 g/mol. The predicted octanol–water partition coefficient (Wildman–Crippen LogP) is 2.01. The SMILES string of the molecule is Cc1[nH]c(=O)c(C(=O)N[C@@H]2CCOC[C@H]2Oc2ccccn2)c(C)c1Cl. The minimum atomic E-state index is -0.479. The molecule has 0 aliphatic carbocycles. The largest absolute Gasteiger partial charge is 0.470 e. The number of aromatic amines is 1. The molecule has 0 radical (unpaired) electrons. The van der Waals surface area contributed by atoms with Gasteiger partial charge in [0, 0.05) is 24.6 Å². The number of amides is 1. The number of H-pyrrole nitrogens is 1. The number of nitrogens with zero attached hydrogens (tertiary/aromatic N) is 1. The molecule has 2 atom stereocenters. The van der Waals surface area contributed by atoms with E-state index >= 15 is 0 Å². The van der Waals surface area contributed by atoms with E-state index in [1.807, 2.05) is 6.07 Å². The first kappa shape index (κ1) is 18.4. The lowest BCUT2D eigenvalue weighted by atomic mass is 10.0. The molecule has 7 nitrogen and oxygen atoms in total. The second-order valence-electron chi connectivity index (χ2n) is 6.16. The second kappa shape index (κ2) is 7.88. The van der Waals surface area contributed by atoms with Crippen molar-refractivity contribution in [3.8, 4) is 5.88 Å². The van der Waals surface area contributed by atoms with Gasteiger partial charge in [-0.1, -0.05) is 17.7 Å². The number of nitrogens with one attached hydrogen (secondary N) is 2. The first-order valence-electron chi connectivity index (χ1n) is 8.32. The maximum atomic E-state index is 12.7. The van der Waals surface area contributed by atoms with Crippen molar-refractivity contribution in [1.82, 2.24) is 15.3 Å². The van der Waals surface area contributed by atoms with E-state index in [9.17, 15) is 9.59 Å². The summed E-state index contributed by atoms with van der Waals surface area (Å²) in [7, 11) is 0. The van der Waals surface area contributed by atoms with E-state index in [4.69, 9.17) is 21.1 Å². The Morgan fingerprint density at radius 1 is 1.42 bits per heavy atom. The Balaban J connectivity index is 1.79. The van der Waals surface area contributed by atoms with Crippen LogP contribution in [0.15, 0.2) is 29.2 Å². The van der Waals surface area contributed by atoms with Crippen LogP contribution in [0.4, 0.5) is 0 Å². The Kier molecular flexibility index (Phi) is 5.58. The summed E-state index contributed by atoms with van der Waals surface area (Å²) >= 11 is 6.17. The van der Waals surface area contributed by atoms with Crippen LogP contribution in [0, 0.1) is 13.8 Å². The molecule has 2 aromatic rings. The van der Waals surface area contributed by atoms with Crippen molar-refractivity contribution in [2.24, 2.45) is 0 Å². The molecule has 1 saturated heterocycles. The molecule has 2 N–H and O–H groups in total. The number of pyridine rings is 2. The van der Waals surface area contributed by atoms with Crippen LogP contribution in [0.25, 0.3) is 0 Å². The molecule has 138 valence electrons. The first-order chi connectivity index (χ1) is 12.5. The van der Waals surface area contributed by atoms with Crippen LogP contribution in [-0.2, 0) is 4.74 Å². The minimum absolute atomic E-state index is 0.0173. The van der Waals surface area contributed by atoms with E-state index in [0.717, 1.165) is 0 Å². The highest BCUT2D eigenvalue weighted by atomic mass is 35.5. The highest BCUT2D eigenvalue weighted by Gasteiger charge is 2.31. The number of hydrogen-bond acceptors (Lipinski definition) is 5. The summed E-state index contributed by atoms with van der Waals surface area (Å²) in [6.45, 7) is 4.17. The molecule has 2 aromatic heterocycles. The van der Waals surface area contributed by atoms with E-state index in [0.29, 0.717) is 41.8 Å². The molecule has 0 bridgehead atoms. The van der Waals surface area contributed by atoms with Gasteiger partial charge in [0.2, 0.25) is 5.88 Å². The van der Waals surface area contributed by atoms with Gasteiger partial charge in [-0.3, -0.25) is 9.59 Å². The van der Waals surface area contributed by atoms with Gasteiger partial charge < -0.3 is 19.8 Å². The predicted molar refractivity (Wildman–Crippen MR) is 96.9 cm³/mol. The van der Waals surface area contributed by atoms with Crippen molar-refractivity contribution in [1.29, 1.82) is 0 Å². The number of carbonyl (C=O) groups is 1. The smallest absolute Gasteiger partial charge is 0.261 e. The van der Waals surface area contributed by atoms with Crippen molar-refractivity contribution >= 4 is 17.5 Å². The van der Waals surface area contributed by atoms with Gasteiger partial charge in [0.1, 0.15) is 11.7 Å². The van der Waals surface area contributed by atoms with Gasteiger partial charge in [-0.05, 0) is 31.9 Å². The number of rotatable bonds is 4. The molecule has 0 unspecified atom stereocenters. The van der Waals surface area contributed by atoms with Crippen molar-refractivity contribution in [3.63, 3.8) is 0 Å². The van der Waals surface area contributed by atoms with Gasteiger partial charge in [0.15, 0.2) is 0 Å². The number of halogens is 1. The zero-order valence-corrected chi connectivity index (χ0v) is 15.3. The molecule has 26 heavy (non-hydrogen) atoms. The number of ether oxygens (including phenoxy) is 2. The van der Waals surface area contributed by atoms with Crippen LogP contribution in [0.5, 0.6) is 5.88 Å². The average Bonchev–Trinajstić information content (AvgIpc) is 2.62. The maximum absolute atomic E-state index is 12.7. The fourth-order valence-electron chi connectivity index (χ4n) is 2.93. The molecule has 8 heteroatoms. The molecular weight excluding hydrogens is 358 g/mol. The monoisotopic (exact) mass is 377 g/mol. The van der Waals surface area contributed by atoms with Gasteiger partial charge in [0.25, 0.3) is 11.5 Å². The lowest BCUT2D eigenvalue weighted by Crippen LogP contribution is -2.52. The normalized spacial score (nSPS) is 19.8. The Hall–Kier alpha value is -2.38. The molecule has 3 heterocycles. The summed E-state index contributed by atoms with van der Waals surface area (Å²) in [5, 5.41) is 3.26. The molecule has 0 aromatic carbocycles. The summed E-state index contributed by atoms with van der Waals surface area (Å²) in [6.07, 6.45) is 1.80. The quantitative estimate of drug-likeness (QED) is 0.850. The van der Waals surface area contributed by atoms with Crippen molar-refractivity contribution in [3.05, 3.63) is 56.6 Å². The Bertz CT molecular complexity index is 854. The van der Waals surface area contributed by atoms with Crippen LogP contribution in [0.2, 0.25) is 5.02 Å². The topological polar surface area (TPSA) is 93.3 Å². The van der Waals surface area contributed by atoms with Crippen LogP contribution in [0.3, 0.4) is 0 Å². The zero-order chi connectivity index (χ0) is 18.7. The highest BCUT2D eigenvalue weighted by Crippen LogP contribution is 2.20. The molecule has 1 aliphatic rings. The summed E-state index contributed by atoms with van der Waals surface area (Å²) in [4.78, 5) is 31.7. The van der Waals surface area contributed by atoms with Gasteiger partial charge in [-0.15, -0.1) is 0 Å². The lowest BCUT2D eigenvalue weighted by molar-refractivity contribution is -0.0153. The summed E-state index contributed by atoms with van der Waals surface area (Å²) in [5.74, 6) is -0.0261. The van der Waals surface area contributed by atoms with Gasteiger partial charge in [-0.25, -0.2) is 4.98 Å². The molecule has 0 spiro atoms. The molecule has 3 rings (SSSR count). The highest BCUT2D eigenvalue weighted by molar-refractivity contribution is 6.32. The van der Waals surface area contributed by atoms with Crippen LogP contribution in [0.1, 0.15) is 28.0 Å². The number of carbonyl (C=O) groups excluding carboxylic acids is 1.